The van der Waals surface area contributed by atoms with Crippen LogP contribution in [-0.2, 0) is 39.8 Å². The summed E-state index contributed by atoms with van der Waals surface area (Å²) < 4.78 is 34.0. The van der Waals surface area contributed by atoms with E-state index in [-0.39, 0.29) is 65.7 Å². The normalized spacial score (nSPS) is 41.6. The summed E-state index contributed by atoms with van der Waals surface area (Å²) in [5.41, 5.74) is -0.786. The number of nitrogens with one attached hydrogen (secondary N) is 1. The molecule has 0 aliphatic carbocycles. The largest absolute Gasteiger partial charge is 0.392 e. The van der Waals surface area contributed by atoms with Gasteiger partial charge in [-0.3, -0.25) is 9.59 Å². The minimum Gasteiger partial charge on any atom is -0.392 e. The van der Waals surface area contributed by atoms with Crippen LogP contribution >= 0.6 is 11.6 Å². The molecule has 0 saturated carbocycles. The van der Waals surface area contributed by atoms with Crippen LogP contribution in [0.2, 0.25) is 5.02 Å². The van der Waals surface area contributed by atoms with Gasteiger partial charge in [-0.2, -0.15) is 0 Å². The van der Waals surface area contributed by atoms with Crippen LogP contribution in [0.3, 0.4) is 0 Å². The fourth-order valence-electron chi connectivity index (χ4n) is 11.5. The molecule has 4 fully saturated rings. The van der Waals surface area contributed by atoms with Gasteiger partial charge in [-0.15, -0.1) is 0 Å². The molecule has 0 unspecified atom stereocenters. The average molecular weight is 875 g/mol. The van der Waals surface area contributed by atoms with Gasteiger partial charge in [0, 0.05) is 41.7 Å². The molecule has 1 aromatic carbocycles. The minimum atomic E-state index is -1.37. The molecule has 344 valence electrons. The molecule has 5 aliphatic heterocycles. The fourth-order valence-corrected chi connectivity index (χ4v) is 11.7. The number of Topliss-reactive ketones (excluding diaryl/α,β-unsaturated/α-hetero) is 1. The first kappa shape index (κ1) is 48.5. The predicted molar refractivity (Wildman–Crippen MR) is 234 cm³/mol. The van der Waals surface area contributed by atoms with Gasteiger partial charge < -0.3 is 44.3 Å². The number of rotatable bonds is 14. The van der Waals surface area contributed by atoms with Crippen molar-refractivity contribution in [2.75, 3.05) is 0 Å². The first-order valence-corrected chi connectivity index (χ1v) is 23.9. The van der Waals surface area contributed by atoms with Crippen molar-refractivity contribution in [3.63, 3.8) is 0 Å². The number of aliphatic hydroxyl groups is 3. The first-order valence-electron chi connectivity index (χ1n) is 23.5. The van der Waals surface area contributed by atoms with Gasteiger partial charge in [-0.1, -0.05) is 85.2 Å². The van der Waals surface area contributed by atoms with Gasteiger partial charge in [0.15, 0.2) is 5.79 Å². The fraction of sp³-hybridized carbons (Fsp3) is 0.796. The van der Waals surface area contributed by atoms with Crippen molar-refractivity contribution >= 4 is 23.3 Å². The molecule has 0 radical (unpaired) electrons. The molecule has 12 heteroatoms. The zero-order chi connectivity index (χ0) is 44.7. The van der Waals surface area contributed by atoms with E-state index in [0.29, 0.717) is 62.9 Å². The van der Waals surface area contributed by atoms with Crippen LogP contribution in [0.25, 0.3) is 0 Å². The number of aliphatic hydroxyl groups excluding tert-OH is 2. The molecular weight excluding hydrogens is 798 g/mol. The Balaban J connectivity index is 1.12. The first-order chi connectivity index (χ1) is 28.8. The monoisotopic (exact) mass is 874 g/mol. The molecule has 4 N–H and O–H groups in total. The van der Waals surface area contributed by atoms with Gasteiger partial charge in [0.05, 0.1) is 53.7 Å². The summed E-state index contributed by atoms with van der Waals surface area (Å²) in [6.07, 6.45) is 5.94. The SMILES string of the molecule is CC[C@@H](C(=O)[C@@H](C)[C@@H](O)[C@H](C)[C@@H]1O[C@@H]([C@@H](CC)C(=O)NCc2ccccc2Cl)CC[C@@H]1C)[C@H]1O[C@@]2(C=C[C@@H](O)[C@@]3(CC[C@@](C)([C@H]4CC[C@](O)(CC)[C@H](C)O4)O3)O2)[C@H](C)C[C@@H]1C. The summed E-state index contributed by atoms with van der Waals surface area (Å²) in [4.78, 5) is 28.2. The maximum absolute atomic E-state index is 14.7. The van der Waals surface area contributed by atoms with Gasteiger partial charge in [0.2, 0.25) is 11.7 Å². The molecule has 61 heavy (non-hydrogen) atoms. The van der Waals surface area contributed by atoms with Crippen molar-refractivity contribution in [3.05, 3.63) is 47.0 Å². The number of ether oxygens (including phenoxy) is 5. The lowest BCUT2D eigenvalue weighted by Gasteiger charge is -2.54. The van der Waals surface area contributed by atoms with Crippen molar-refractivity contribution in [1.82, 2.24) is 5.32 Å². The highest BCUT2D eigenvalue weighted by Crippen LogP contribution is 2.54. The summed E-state index contributed by atoms with van der Waals surface area (Å²) in [6, 6.07) is 7.47. The zero-order valence-electron chi connectivity index (χ0n) is 38.4. The van der Waals surface area contributed by atoms with Gasteiger partial charge in [0.1, 0.15) is 11.9 Å². The highest BCUT2D eigenvalue weighted by molar-refractivity contribution is 6.31. The van der Waals surface area contributed by atoms with E-state index in [9.17, 15) is 24.9 Å². The van der Waals surface area contributed by atoms with Crippen LogP contribution in [0.15, 0.2) is 36.4 Å². The summed E-state index contributed by atoms with van der Waals surface area (Å²) >= 11 is 6.35. The standard InChI is InChI=1S/C49H76ClNO10/c1-11-35(45(55)51-27-34-16-14-15-17-37(34)50)38-19-18-28(4)43(58-38)32(8)41(53)31(7)42(54)36(12-2)44-29(5)26-30(6)48(59-44)23-20-39(52)49(61-48)25-24-46(10,60-49)40-21-22-47(56,13-3)33(9)57-40/h14-17,20,23,28-33,35-36,38-41,43-44,52-53,56H,11-13,18-19,21-22,24-27H2,1-10H3,(H,51,55)/t28-,29-,30+,31-,32-,33-,35+,36-,38+,39+,40+,41+,43+,44-,46-,47+,48+,49+/m0/s1. The second-order valence-corrected chi connectivity index (χ2v) is 20.3. The zero-order valence-corrected chi connectivity index (χ0v) is 39.2. The number of ketones is 1. The van der Waals surface area contributed by atoms with E-state index in [1.165, 1.54) is 0 Å². The molecule has 11 nitrogen and oxygen atoms in total. The van der Waals surface area contributed by atoms with E-state index in [1.807, 2.05) is 78.8 Å². The van der Waals surface area contributed by atoms with Gasteiger partial charge >= 0.3 is 0 Å². The average Bonchev–Trinajstić information content (AvgIpc) is 3.59. The third-order valence-corrected chi connectivity index (χ3v) is 16.2. The minimum absolute atomic E-state index is 0.0118. The van der Waals surface area contributed by atoms with E-state index in [0.717, 1.165) is 18.4 Å². The number of halogens is 1. The predicted octanol–water partition coefficient (Wildman–Crippen LogP) is 8.07. The quantitative estimate of drug-likeness (QED) is 0.135. The lowest BCUT2D eigenvalue weighted by atomic mass is 9.72. The Bertz CT molecular complexity index is 1710. The van der Waals surface area contributed by atoms with E-state index in [2.05, 4.69) is 26.1 Å². The molecule has 1 aromatic rings. The van der Waals surface area contributed by atoms with E-state index < -0.39 is 52.9 Å². The van der Waals surface area contributed by atoms with Crippen LogP contribution in [0.5, 0.6) is 0 Å². The molecule has 18 atom stereocenters. The second kappa shape index (κ2) is 19.3. The van der Waals surface area contributed by atoms with Crippen LogP contribution in [-0.4, -0.2) is 92.5 Å². The van der Waals surface area contributed by atoms with Crippen molar-refractivity contribution in [2.24, 2.45) is 41.4 Å². The Morgan fingerprint density at radius 3 is 2.28 bits per heavy atom. The number of amides is 1. The van der Waals surface area contributed by atoms with Crippen molar-refractivity contribution in [3.8, 4) is 0 Å². The van der Waals surface area contributed by atoms with Gasteiger partial charge in [-0.25, -0.2) is 0 Å². The lowest BCUT2D eigenvalue weighted by Crippen LogP contribution is -2.63. The van der Waals surface area contributed by atoms with E-state index >= 15 is 0 Å². The third kappa shape index (κ3) is 9.58. The summed E-state index contributed by atoms with van der Waals surface area (Å²) in [5, 5.41) is 38.2. The van der Waals surface area contributed by atoms with Crippen LogP contribution in [0, 0.1) is 41.4 Å². The molecule has 2 spiro atoms. The van der Waals surface area contributed by atoms with Crippen molar-refractivity contribution < 1.29 is 48.6 Å². The molecule has 5 aliphatic rings. The molecule has 1 amide bonds. The maximum atomic E-state index is 14.7. The van der Waals surface area contributed by atoms with Crippen LogP contribution < -0.4 is 5.32 Å². The number of carbonyl (C=O) groups excluding carboxylic acids is 2. The number of benzene rings is 1. The van der Waals surface area contributed by atoms with Gasteiger partial charge in [0.25, 0.3) is 0 Å². The summed E-state index contributed by atoms with van der Waals surface area (Å²) in [6.45, 7) is 20.3. The molecule has 0 aromatic heterocycles. The van der Waals surface area contributed by atoms with E-state index in [1.54, 1.807) is 6.08 Å². The van der Waals surface area contributed by atoms with Crippen molar-refractivity contribution in [1.29, 1.82) is 0 Å². The molecule has 0 bridgehead atoms. The molecule has 5 heterocycles. The Morgan fingerprint density at radius 1 is 0.918 bits per heavy atom. The Kier molecular flexibility index (Phi) is 15.3. The number of hydrogen-bond donors (Lipinski definition) is 4. The Hall–Kier alpha value is -1.93. The topological polar surface area (TPSA) is 153 Å². The summed E-state index contributed by atoms with van der Waals surface area (Å²) in [7, 11) is 0. The molecule has 6 rings (SSSR count). The van der Waals surface area contributed by atoms with Crippen LogP contribution in [0.1, 0.15) is 139 Å². The van der Waals surface area contributed by atoms with E-state index in [4.69, 9.17) is 35.3 Å². The highest BCUT2D eigenvalue weighted by Gasteiger charge is 2.63. The smallest absolute Gasteiger partial charge is 0.225 e. The third-order valence-electron chi connectivity index (χ3n) is 15.9. The van der Waals surface area contributed by atoms with Gasteiger partial charge in [-0.05, 0) is 107 Å². The number of hydrogen-bond acceptors (Lipinski definition) is 10. The van der Waals surface area contributed by atoms with Crippen LogP contribution in [0.4, 0.5) is 0 Å². The highest BCUT2D eigenvalue weighted by atomic mass is 35.5. The Labute approximate surface area is 370 Å². The molecule has 4 saturated heterocycles. The van der Waals surface area contributed by atoms with Crippen molar-refractivity contribution in [2.45, 2.75) is 205 Å². The number of carbonyl (C=O) groups is 2. The second-order valence-electron chi connectivity index (χ2n) is 19.9. The summed E-state index contributed by atoms with van der Waals surface area (Å²) in [5.74, 6) is -4.71. The Morgan fingerprint density at radius 2 is 1.62 bits per heavy atom. The lowest BCUT2D eigenvalue weighted by molar-refractivity contribution is -0.409. The molecular formula is C49H76ClNO10. The maximum Gasteiger partial charge on any atom is 0.225 e.